The predicted octanol–water partition coefficient (Wildman–Crippen LogP) is 4.61. The SMILES string of the molecule is COc1ccc([C@@H]2CC(c3cccs3)=NN2C(=O)COC(=O)c2cccc(C)c2)cc1OC. The molecular weight excluding hydrogens is 440 g/mol. The highest BCUT2D eigenvalue weighted by atomic mass is 32.1. The van der Waals surface area contributed by atoms with Crippen LogP contribution in [0.5, 0.6) is 11.5 Å². The average Bonchev–Trinajstić information content (AvgIpc) is 3.52. The Morgan fingerprint density at radius 3 is 2.58 bits per heavy atom. The van der Waals surface area contributed by atoms with Gasteiger partial charge in [0.25, 0.3) is 5.91 Å². The molecule has 0 bridgehead atoms. The number of thiophene rings is 1. The zero-order chi connectivity index (χ0) is 23.4. The van der Waals surface area contributed by atoms with Gasteiger partial charge in [0.05, 0.1) is 36.4 Å². The van der Waals surface area contributed by atoms with E-state index in [9.17, 15) is 9.59 Å². The van der Waals surface area contributed by atoms with Crippen LogP contribution < -0.4 is 9.47 Å². The normalized spacial score (nSPS) is 15.2. The van der Waals surface area contributed by atoms with Crippen LogP contribution in [0.1, 0.15) is 38.8 Å². The number of hydrazone groups is 1. The van der Waals surface area contributed by atoms with Crippen molar-refractivity contribution in [1.29, 1.82) is 0 Å². The smallest absolute Gasteiger partial charge is 0.338 e. The molecule has 1 atom stereocenters. The van der Waals surface area contributed by atoms with Gasteiger partial charge >= 0.3 is 5.97 Å². The lowest BCUT2D eigenvalue weighted by Crippen LogP contribution is -2.31. The van der Waals surface area contributed by atoms with Crippen LogP contribution in [-0.2, 0) is 9.53 Å². The Kier molecular flexibility index (Phi) is 6.74. The lowest BCUT2D eigenvalue weighted by atomic mass is 10.0. The topological polar surface area (TPSA) is 77.4 Å². The third-order valence-corrected chi connectivity index (χ3v) is 6.26. The van der Waals surface area contributed by atoms with Crippen LogP contribution in [-0.4, -0.2) is 43.4 Å². The van der Waals surface area contributed by atoms with Crippen LogP contribution in [0, 0.1) is 6.92 Å². The molecule has 0 saturated carbocycles. The van der Waals surface area contributed by atoms with Crippen molar-refractivity contribution in [1.82, 2.24) is 5.01 Å². The molecule has 1 aliphatic heterocycles. The van der Waals surface area contributed by atoms with Gasteiger partial charge in [0.15, 0.2) is 18.1 Å². The summed E-state index contributed by atoms with van der Waals surface area (Å²) < 4.78 is 16.1. The van der Waals surface area contributed by atoms with Crippen LogP contribution in [0.15, 0.2) is 65.1 Å². The fourth-order valence-corrected chi connectivity index (χ4v) is 4.42. The Morgan fingerprint density at radius 1 is 1.06 bits per heavy atom. The molecule has 1 aliphatic rings. The number of nitrogens with zero attached hydrogens (tertiary/aromatic N) is 2. The van der Waals surface area contributed by atoms with E-state index >= 15 is 0 Å². The molecule has 33 heavy (non-hydrogen) atoms. The minimum Gasteiger partial charge on any atom is -0.493 e. The minimum absolute atomic E-state index is 0.355. The summed E-state index contributed by atoms with van der Waals surface area (Å²) in [4.78, 5) is 26.5. The lowest BCUT2D eigenvalue weighted by Gasteiger charge is -2.22. The molecule has 3 aromatic rings. The number of rotatable bonds is 7. The highest BCUT2D eigenvalue weighted by Crippen LogP contribution is 2.37. The molecule has 1 aromatic heterocycles. The molecule has 1 amide bonds. The Hall–Kier alpha value is -3.65. The number of esters is 1. The van der Waals surface area contributed by atoms with Crippen LogP contribution in [0.25, 0.3) is 0 Å². The highest BCUT2D eigenvalue weighted by Gasteiger charge is 2.34. The molecule has 0 spiro atoms. The summed E-state index contributed by atoms with van der Waals surface area (Å²) in [5.74, 6) is 0.222. The maximum absolute atomic E-state index is 13.1. The summed E-state index contributed by atoms with van der Waals surface area (Å²) in [6.45, 7) is 1.48. The van der Waals surface area contributed by atoms with E-state index in [1.807, 2.05) is 42.6 Å². The van der Waals surface area contributed by atoms with E-state index in [-0.39, 0.29) is 6.04 Å². The fraction of sp³-hybridized carbons (Fsp3) is 0.240. The first-order valence-electron chi connectivity index (χ1n) is 10.4. The van der Waals surface area contributed by atoms with Gasteiger partial charge in [-0.3, -0.25) is 4.79 Å². The summed E-state index contributed by atoms with van der Waals surface area (Å²) in [6, 6.07) is 16.2. The van der Waals surface area contributed by atoms with Gasteiger partial charge in [-0.25, -0.2) is 9.80 Å². The molecule has 0 unspecified atom stereocenters. The molecule has 4 rings (SSSR count). The van der Waals surface area contributed by atoms with Crippen LogP contribution in [0.4, 0.5) is 0 Å². The number of benzene rings is 2. The number of carbonyl (C=O) groups excluding carboxylic acids is 2. The number of carbonyl (C=O) groups is 2. The van der Waals surface area contributed by atoms with Crippen molar-refractivity contribution in [3.05, 3.63) is 81.5 Å². The predicted molar refractivity (Wildman–Crippen MR) is 126 cm³/mol. The molecule has 0 saturated heterocycles. The molecule has 170 valence electrons. The molecule has 2 aromatic carbocycles. The molecule has 0 N–H and O–H groups in total. The number of methoxy groups -OCH3 is 2. The van der Waals surface area contributed by atoms with Crippen molar-refractivity contribution < 1.29 is 23.8 Å². The van der Waals surface area contributed by atoms with E-state index in [1.54, 1.807) is 49.8 Å². The number of hydrogen-bond donors (Lipinski definition) is 0. The third kappa shape index (κ3) is 4.90. The Balaban J connectivity index is 1.56. The monoisotopic (exact) mass is 464 g/mol. The molecule has 0 fully saturated rings. The summed E-state index contributed by atoms with van der Waals surface area (Å²) in [6.07, 6.45) is 0.535. The van der Waals surface area contributed by atoms with Gasteiger partial charge in [-0.05, 0) is 48.2 Å². The van der Waals surface area contributed by atoms with Crippen molar-refractivity contribution >= 4 is 28.9 Å². The second kappa shape index (κ2) is 9.87. The molecule has 0 aliphatic carbocycles. The summed E-state index contributed by atoms with van der Waals surface area (Å²) in [5, 5.41) is 7.97. The van der Waals surface area contributed by atoms with Gasteiger partial charge in [-0.15, -0.1) is 11.3 Å². The van der Waals surface area contributed by atoms with Crippen molar-refractivity contribution in [3.63, 3.8) is 0 Å². The molecule has 0 radical (unpaired) electrons. The largest absolute Gasteiger partial charge is 0.493 e. The van der Waals surface area contributed by atoms with Crippen LogP contribution >= 0.6 is 11.3 Å². The van der Waals surface area contributed by atoms with E-state index in [0.717, 1.165) is 21.7 Å². The number of hydrogen-bond acceptors (Lipinski definition) is 7. The van der Waals surface area contributed by atoms with E-state index < -0.39 is 18.5 Å². The lowest BCUT2D eigenvalue weighted by molar-refractivity contribution is -0.136. The number of ether oxygens (including phenoxy) is 3. The third-order valence-electron chi connectivity index (χ3n) is 5.34. The van der Waals surface area contributed by atoms with Gasteiger partial charge in [0, 0.05) is 6.42 Å². The first-order chi connectivity index (χ1) is 16.0. The van der Waals surface area contributed by atoms with E-state index in [0.29, 0.717) is 23.5 Å². The fourth-order valence-electron chi connectivity index (χ4n) is 3.70. The molecular formula is C25H24N2O5S. The van der Waals surface area contributed by atoms with E-state index in [1.165, 1.54) is 5.01 Å². The summed E-state index contributed by atoms with van der Waals surface area (Å²) >= 11 is 1.56. The second-order valence-electron chi connectivity index (χ2n) is 7.54. The Morgan fingerprint density at radius 2 is 1.88 bits per heavy atom. The van der Waals surface area contributed by atoms with Crippen molar-refractivity contribution in [2.24, 2.45) is 5.10 Å². The number of amides is 1. The highest BCUT2D eigenvalue weighted by molar-refractivity contribution is 7.12. The summed E-state index contributed by atoms with van der Waals surface area (Å²) in [7, 11) is 3.14. The molecule has 2 heterocycles. The van der Waals surface area contributed by atoms with Crippen molar-refractivity contribution in [3.8, 4) is 11.5 Å². The standard InChI is InChI=1S/C25H24N2O5S/c1-16-6-4-7-18(12-16)25(29)32-15-24(28)27-20(14-19(26-27)23-8-5-11-33-23)17-9-10-21(30-2)22(13-17)31-3/h4-13,20H,14-15H2,1-3H3/t20-/m0/s1. The number of aryl methyl sites for hydroxylation is 1. The van der Waals surface area contributed by atoms with Crippen LogP contribution in [0.2, 0.25) is 0 Å². The maximum atomic E-state index is 13.1. The van der Waals surface area contributed by atoms with Gasteiger partial charge in [0.2, 0.25) is 0 Å². The second-order valence-corrected chi connectivity index (χ2v) is 8.49. The van der Waals surface area contributed by atoms with E-state index in [2.05, 4.69) is 5.10 Å². The van der Waals surface area contributed by atoms with Gasteiger partial charge in [0.1, 0.15) is 0 Å². The average molecular weight is 465 g/mol. The van der Waals surface area contributed by atoms with E-state index in [4.69, 9.17) is 14.2 Å². The first-order valence-corrected chi connectivity index (χ1v) is 11.3. The Labute approximate surface area is 196 Å². The Bertz CT molecular complexity index is 1190. The minimum atomic E-state index is -0.545. The zero-order valence-corrected chi connectivity index (χ0v) is 19.4. The van der Waals surface area contributed by atoms with Gasteiger partial charge in [-0.1, -0.05) is 29.8 Å². The molecule has 7 nitrogen and oxygen atoms in total. The van der Waals surface area contributed by atoms with Gasteiger partial charge in [-0.2, -0.15) is 5.10 Å². The van der Waals surface area contributed by atoms with Crippen molar-refractivity contribution in [2.45, 2.75) is 19.4 Å². The first kappa shape index (κ1) is 22.5. The summed E-state index contributed by atoms with van der Waals surface area (Å²) in [5.41, 5.74) is 3.00. The molecule has 8 heteroatoms. The van der Waals surface area contributed by atoms with Crippen molar-refractivity contribution in [2.75, 3.05) is 20.8 Å². The maximum Gasteiger partial charge on any atom is 0.338 e. The quantitative estimate of drug-likeness (QED) is 0.477. The van der Waals surface area contributed by atoms with Crippen LogP contribution in [0.3, 0.4) is 0 Å². The zero-order valence-electron chi connectivity index (χ0n) is 18.6. The van der Waals surface area contributed by atoms with Gasteiger partial charge < -0.3 is 14.2 Å².